The molecule has 1 atom stereocenters. The second-order valence-electron chi connectivity index (χ2n) is 10.8. The summed E-state index contributed by atoms with van der Waals surface area (Å²) in [5, 5.41) is 0. The van der Waals surface area contributed by atoms with Crippen LogP contribution in [0.25, 0.3) is 0 Å². The van der Waals surface area contributed by atoms with Crippen molar-refractivity contribution in [3.8, 4) is 0 Å². The summed E-state index contributed by atoms with van der Waals surface area (Å²) in [6.45, 7) is 18.9. The zero-order valence-corrected chi connectivity index (χ0v) is 18.0. The van der Waals surface area contributed by atoms with Gasteiger partial charge in [0.25, 0.3) is 0 Å². The fourth-order valence-corrected chi connectivity index (χ4v) is 6.79. The fraction of sp³-hybridized carbons (Fsp3) is 1.00. The molecule has 3 saturated carbocycles. The van der Waals surface area contributed by atoms with E-state index in [1.54, 1.807) is 0 Å². The van der Waals surface area contributed by atoms with Gasteiger partial charge in [0.15, 0.2) is 0 Å². The second-order valence-corrected chi connectivity index (χ2v) is 10.8. The third kappa shape index (κ3) is 3.49. The van der Waals surface area contributed by atoms with E-state index in [1.807, 2.05) is 0 Å². The lowest BCUT2D eigenvalue weighted by Gasteiger charge is -2.60. The predicted molar refractivity (Wildman–Crippen MR) is 111 cm³/mol. The fourth-order valence-electron chi connectivity index (χ4n) is 6.79. The molecule has 0 unspecified atom stereocenters. The maximum Gasteiger partial charge on any atom is 0.0211 e. The highest BCUT2D eigenvalue weighted by Crippen LogP contribution is 2.57. The summed E-state index contributed by atoms with van der Waals surface area (Å²) in [6.07, 6.45) is 10.4. The van der Waals surface area contributed by atoms with Gasteiger partial charge in [-0.3, -0.25) is 4.90 Å². The minimum atomic E-state index is 0.588. The van der Waals surface area contributed by atoms with Crippen LogP contribution in [0, 0.1) is 17.3 Å². The Bertz CT molecular complexity index is 453. The lowest BCUT2D eigenvalue weighted by molar-refractivity contribution is -0.0872. The van der Waals surface area contributed by atoms with E-state index in [0.29, 0.717) is 11.0 Å². The van der Waals surface area contributed by atoms with Gasteiger partial charge in [-0.2, -0.15) is 0 Å². The molecule has 5 fully saturated rings. The van der Waals surface area contributed by atoms with Gasteiger partial charge < -0.3 is 9.80 Å². The van der Waals surface area contributed by atoms with Crippen molar-refractivity contribution >= 4 is 0 Å². The molecule has 150 valence electrons. The average molecular weight is 362 g/mol. The lowest BCUT2D eigenvalue weighted by Crippen LogP contribution is -2.62. The van der Waals surface area contributed by atoms with E-state index in [0.717, 1.165) is 17.9 Å². The van der Waals surface area contributed by atoms with Crippen molar-refractivity contribution in [3.05, 3.63) is 0 Å². The van der Waals surface area contributed by atoms with E-state index in [4.69, 9.17) is 0 Å². The number of rotatable bonds is 5. The van der Waals surface area contributed by atoms with Gasteiger partial charge in [-0.25, -0.2) is 0 Å². The first kappa shape index (κ1) is 19.2. The first-order valence-corrected chi connectivity index (χ1v) is 11.6. The standard InChI is InChI=1S/C23H43N3/c1-19(2)22-6-9-23(10-7-22,11-8-22)26-15-13-24(14-16-26)17-21-5-12-25(18-21)20(3)4/h19-21H,5-18H2,1-4H3/t21-,22?,23?/m1/s1. The summed E-state index contributed by atoms with van der Waals surface area (Å²) < 4.78 is 0. The van der Waals surface area contributed by atoms with Gasteiger partial charge in [0.1, 0.15) is 0 Å². The first-order chi connectivity index (χ1) is 12.4. The van der Waals surface area contributed by atoms with E-state index in [9.17, 15) is 0 Å². The maximum absolute atomic E-state index is 2.93. The van der Waals surface area contributed by atoms with Crippen LogP contribution in [-0.4, -0.2) is 72.1 Å². The molecular weight excluding hydrogens is 318 g/mol. The molecule has 0 amide bonds. The second kappa shape index (κ2) is 7.37. The number of likely N-dealkylation sites (tertiary alicyclic amines) is 1. The Morgan fingerprint density at radius 1 is 0.808 bits per heavy atom. The Hall–Kier alpha value is -0.120. The molecule has 2 bridgehead atoms. The monoisotopic (exact) mass is 361 g/mol. The Morgan fingerprint density at radius 2 is 1.42 bits per heavy atom. The number of nitrogens with zero attached hydrogens (tertiary/aromatic N) is 3. The SMILES string of the molecule is CC(C)N1CC[C@H](CN2CCN(C34CCC(C(C)C)(CC3)CC4)CC2)C1. The molecule has 0 aromatic heterocycles. The van der Waals surface area contributed by atoms with Gasteiger partial charge in [0.2, 0.25) is 0 Å². The smallest absolute Gasteiger partial charge is 0.0211 e. The largest absolute Gasteiger partial charge is 0.301 e. The number of piperazine rings is 1. The quantitative estimate of drug-likeness (QED) is 0.730. The molecule has 2 heterocycles. The van der Waals surface area contributed by atoms with Crippen molar-refractivity contribution < 1.29 is 0 Å². The van der Waals surface area contributed by atoms with Gasteiger partial charge in [0, 0.05) is 50.8 Å². The zero-order valence-electron chi connectivity index (χ0n) is 18.0. The molecule has 2 aliphatic heterocycles. The van der Waals surface area contributed by atoms with E-state index in [1.165, 1.54) is 90.8 Å². The van der Waals surface area contributed by atoms with Crippen LogP contribution < -0.4 is 0 Å². The topological polar surface area (TPSA) is 9.72 Å². The van der Waals surface area contributed by atoms with Crippen molar-refractivity contribution in [3.63, 3.8) is 0 Å². The molecule has 0 N–H and O–H groups in total. The Kier molecular flexibility index (Phi) is 5.44. The summed E-state index contributed by atoms with van der Waals surface area (Å²) in [4.78, 5) is 8.39. The van der Waals surface area contributed by atoms with E-state index in [2.05, 4.69) is 42.4 Å². The molecule has 5 aliphatic rings. The summed E-state index contributed by atoms with van der Waals surface area (Å²) >= 11 is 0. The third-order valence-corrected chi connectivity index (χ3v) is 9.10. The first-order valence-electron chi connectivity index (χ1n) is 11.6. The number of hydrogen-bond donors (Lipinski definition) is 0. The number of hydrogen-bond acceptors (Lipinski definition) is 3. The molecule has 3 aliphatic carbocycles. The predicted octanol–water partition coefficient (Wildman–Crippen LogP) is 4.08. The van der Waals surface area contributed by atoms with Crippen molar-refractivity contribution in [2.45, 2.75) is 84.2 Å². The minimum absolute atomic E-state index is 0.588. The van der Waals surface area contributed by atoms with Gasteiger partial charge in [-0.15, -0.1) is 0 Å². The minimum Gasteiger partial charge on any atom is -0.301 e. The van der Waals surface area contributed by atoms with Crippen LogP contribution in [0.2, 0.25) is 0 Å². The Balaban J connectivity index is 1.26. The molecule has 0 aromatic rings. The maximum atomic E-state index is 2.93. The van der Waals surface area contributed by atoms with Gasteiger partial charge in [-0.05, 0) is 82.6 Å². The van der Waals surface area contributed by atoms with Crippen LogP contribution >= 0.6 is 0 Å². The molecule has 0 spiro atoms. The molecule has 3 heteroatoms. The molecule has 5 rings (SSSR count). The van der Waals surface area contributed by atoms with Crippen LogP contribution in [0.5, 0.6) is 0 Å². The van der Waals surface area contributed by atoms with E-state index < -0.39 is 0 Å². The molecule has 26 heavy (non-hydrogen) atoms. The average Bonchev–Trinajstić information content (AvgIpc) is 3.12. The van der Waals surface area contributed by atoms with E-state index >= 15 is 0 Å². The van der Waals surface area contributed by atoms with Crippen molar-refractivity contribution in [1.29, 1.82) is 0 Å². The van der Waals surface area contributed by atoms with Crippen molar-refractivity contribution in [1.82, 2.24) is 14.7 Å². The van der Waals surface area contributed by atoms with E-state index in [-0.39, 0.29) is 0 Å². The highest BCUT2D eigenvalue weighted by molar-refractivity contribution is 5.06. The highest BCUT2D eigenvalue weighted by atomic mass is 15.3. The summed E-state index contributed by atoms with van der Waals surface area (Å²) in [7, 11) is 0. The third-order valence-electron chi connectivity index (χ3n) is 9.10. The van der Waals surface area contributed by atoms with Crippen LogP contribution in [0.4, 0.5) is 0 Å². The van der Waals surface area contributed by atoms with Crippen LogP contribution in [0.15, 0.2) is 0 Å². The summed E-state index contributed by atoms with van der Waals surface area (Å²) in [6, 6.07) is 0.728. The normalized spacial score (nSPS) is 40.2. The van der Waals surface area contributed by atoms with Crippen molar-refractivity contribution in [2.75, 3.05) is 45.8 Å². The van der Waals surface area contributed by atoms with Gasteiger partial charge in [-0.1, -0.05) is 13.8 Å². The Morgan fingerprint density at radius 3 is 1.92 bits per heavy atom. The molecular formula is C23H43N3. The van der Waals surface area contributed by atoms with Crippen LogP contribution in [-0.2, 0) is 0 Å². The molecule has 2 saturated heterocycles. The summed E-state index contributed by atoms with van der Waals surface area (Å²) in [5.74, 6) is 1.80. The Labute approximate surface area is 162 Å². The van der Waals surface area contributed by atoms with Crippen LogP contribution in [0.3, 0.4) is 0 Å². The van der Waals surface area contributed by atoms with Gasteiger partial charge in [0.05, 0.1) is 0 Å². The zero-order chi connectivity index (χ0) is 18.4. The molecule has 0 radical (unpaired) electrons. The van der Waals surface area contributed by atoms with Crippen molar-refractivity contribution in [2.24, 2.45) is 17.3 Å². The highest BCUT2D eigenvalue weighted by Gasteiger charge is 2.52. The number of fused-ring (bicyclic) bond motifs is 3. The lowest BCUT2D eigenvalue weighted by atomic mass is 9.53. The van der Waals surface area contributed by atoms with Gasteiger partial charge >= 0.3 is 0 Å². The van der Waals surface area contributed by atoms with Crippen LogP contribution in [0.1, 0.15) is 72.6 Å². The summed E-state index contributed by atoms with van der Waals surface area (Å²) in [5.41, 5.74) is 1.29. The molecule has 0 aromatic carbocycles. The molecule has 3 nitrogen and oxygen atoms in total.